The maximum Gasteiger partial charge on any atom is 0.267 e. The van der Waals surface area contributed by atoms with Crippen LogP contribution in [0.4, 0.5) is 5.82 Å². The number of anilines is 1. The Morgan fingerprint density at radius 1 is 1.20 bits per heavy atom. The fourth-order valence-corrected chi connectivity index (χ4v) is 5.16. The highest BCUT2D eigenvalue weighted by Crippen LogP contribution is 2.33. The van der Waals surface area contributed by atoms with Crippen LogP contribution in [0.15, 0.2) is 28.0 Å². The summed E-state index contributed by atoms with van der Waals surface area (Å²) in [5.74, 6) is 0.333. The Kier molecular flexibility index (Phi) is 10.3. The number of carbonyl (C=O) groups excluding carboxylic acids is 1. The highest BCUT2D eigenvalue weighted by molar-refractivity contribution is 8.26. The van der Waals surface area contributed by atoms with Gasteiger partial charge in [0, 0.05) is 25.9 Å². The lowest BCUT2D eigenvalue weighted by Crippen LogP contribution is -2.29. The zero-order chi connectivity index (χ0) is 25.4. The molecule has 0 aromatic carbocycles. The third-order valence-electron chi connectivity index (χ3n) is 5.78. The second-order valence-electron chi connectivity index (χ2n) is 9.01. The van der Waals surface area contributed by atoms with Crippen molar-refractivity contribution < 1.29 is 9.53 Å². The van der Waals surface area contributed by atoms with Crippen LogP contribution in [0.1, 0.15) is 70.4 Å². The summed E-state index contributed by atoms with van der Waals surface area (Å²) in [6.45, 7) is 9.93. The average molecular weight is 517 g/mol. The van der Waals surface area contributed by atoms with Gasteiger partial charge in [-0.2, -0.15) is 0 Å². The molecule has 1 fully saturated rings. The SMILES string of the molecule is CCCCCCCN1C(=O)/C(=C/c2c(NCCCOC(C)C)nc3c(C)cccn3c2=O)SC1=S. The number of nitrogens with zero attached hydrogens (tertiary/aromatic N) is 3. The molecule has 2 aromatic heterocycles. The molecule has 1 aliphatic rings. The van der Waals surface area contributed by atoms with Crippen molar-refractivity contribution in [3.8, 4) is 0 Å². The van der Waals surface area contributed by atoms with E-state index in [1.165, 1.54) is 29.0 Å². The fourth-order valence-electron chi connectivity index (χ4n) is 3.87. The van der Waals surface area contributed by atoms with Gasteiger partial charge >= 0.3 is 0 Å². The summed E-state index contributed by atoms with van der Waals surface area (Å²) in [5.41, 5.74) is 1.64. The molecule has 1 aliphatic heterocycles. The van der Waals surface area contributed by atoms with E-state index in [1.54, 1.807) is 17.2 Å². The van der Waals surface area contributed by atoms with E-state index in [0.29, 0.717) is 46.0 Å². The van der Waals surface area contributed by atoms with Gasteiger partial charge in [0.25, 0.3) is 11.5 Å². The minimum absolute atomic E-state index is 0.138. The van der Waals surface area contributed by atoms with Crippen LogP contribution in [-0.4, -0.2) is 50.3 Å². The van der Waals surface area contributed by atoms with Gasteiger partial charge < -0.3 is 10.1 Å². The van der Waals surface area contributed by atoms with E-state index in [2.05, 4.69) is 12.2 Å². The molecule has 3 rings (SSSR count). The predicted molar refractivity (Wildman–Crippen MR) is 149 cm³/mol. The number of ether oxygens (including phenoxy) is 1. The summed E-state index contributed by atoms with van der Waals surface area (Å²) in [6.07, 6.45) is 9.84. The number of aryl methyl sites for hydroxylation is 1. The number of pyridine rings is 1. The number of aromatic nitrogens is 2. The average Bonchev–Trinajstić information content (AvgIpc) is 3.08. The van der Waals surface area contributed by atoms with Crippen LogP contribution >= 0.6 is 24.0 Å². The van der Waals surface area contributed by atoms with E-state index in [-0.39, 0.29) is 17.6 Å². The van der Waals surface area contributed by atoms with E-state index in [4.69, 9.17) is 21.9 Å². The Morgan fingerprint density at radius 3 is 2.71 bits per heavy atom. The van der Waals surface area contributed by atoms with Crippen LogP contribution in [0.3, 0.4) is 0 Å². The van der Waals surface area contributed by atoms with Crippen LogP contribution in [0.25, 0.3) is 11.7 Å². The molecule has 0 radical (unpaired) electrons. The van der Waals surface area contributed by atoms with Crippen molar-refractivity contribution in [3.05, 3.63) is 44.7 Å². The fraction of sp³-hybridized carbons (Fsp3) is 0.538. The maximum absolute atomic E-state index is 13.5. The molecule has 1 amide bonds. The number of hydrogen-bond donors (Lipinski definition) is 1. The normalized spacial score (nSPS) is 15.2. The molecule has 190 valence electrons. The van der Waals surface area contributed by atoms with Crippen molar-refractivity contribution >= 4 is 51.7 Å². The molecule has 35 heavy (non-hydrogen) atoms. The first-order valence-electron chi connectivity index (χ1n) is 12.5. The zero-order valence-electron chi connectivity index (χ0n) is 21.1. The number of hydrogen-bond acceptors (Lipinski definition) is 7. The molecule has 0 unspecified atom stereocenters. The Labute approximate surface area is 217 Å². The summed E-state index contributed by atoms with van der Waals surface area (Å²) in [4.78, 5) is 33.5. The number of thioether (sulfide) groups is 1. The molecule has 0 bridgehead atoms. The first-order chi connectivity index (χ1) is 16.8. The number of thiocarbonyl (C=S) groups is 1. The van der Waals surface area contributed by atoms with Gasteiger partial charge in [-0.15, -0.1) is 0 Å². The largest absolute Gasteiger partial charge is 0.379 e. The quantitative estimate of drug-likeness (QED) is 0.217. The highest BCUT2D eigenvalue weighted by atomic mass is 32.2. The number of rotatable bonds is 13. The van der Waals surface area contributed by atoms with Crippen LogP contribution in [-0.2, 0) is 9.53 Å². The molecule has 1 N–H and O–H groups in total. The molecule has 0 saturated carbocycles. The number of fused-ring (bicyclic) bond motifs is 1. The van der Waals surface area contributed by atoms with E-state index in [9.17, 15) is 9.59 Å². The molecule has 7 nitrogen and oxygen atoms in total. The lowest BCUT2D eigenvalue weighted by molar-refractivity contribution is -0.122. The van der Waals surface area contributed by atoms with Gasteiger partial charge in [-0.1, -0.05) is 62.7 Å². The summed E-state index contributed by atoms with van der Waals surface area (Å²) in [6, 6.07) is 3.75. The van der Waals surface area contributed by atoms with E-state index in [1.807, 2.05) is 32.9 Å². The zero-order valence-corrected chi connectivity index (χ0v) is 22.8. The molecule has 0 aliphatic carbocycles. The molecular formula is C26H36N4O3S2. The molecule has 1 saturated heterocycles. The van der Waals surface area contributed by atoms with Crippen molar-refractivity contribution in [2.75, 3.05) is 25.0 Å². The molecule has 0 spiro atoms. The van der Waals surface area contributed by atoms with Crippen molar-refractivity contribution in [3.63, 3.8) is 0 Å². The summed E-state index contributed by atoms with van der Waals surface area (Å²) in [7, 11) is 0. The first kappa shape index (κ1) is 27.4. The Balaban J connectivity index is 1.86. The van der Waals surface area contributed by atoms with Gasteiger partial charge in [0.05, 0.1) is 16.6 Å². The second-order valence-corrected chi connectivity index (χ2v) is 10.7. The van der Waals surface area contributed by atoms with Crippen LogP contribution in [0, 0.1) is 6.92 Å². The number of amides is 1. The van der Waals surface area contributed by atoms with Gasteiger partial charge in [-0.3, -0.25) is 18.9 Å². The highest BCUT2D eigenvalue weighted by Gasteiger charge is 2.32. The Morgan fingerprint density at radius 2 is 1.97 bits per heavy atom. The molecule has 3 heterocycles. The summed E-state index contributed by atoms with van der Waals surface area (Å²) >= 11 is 6.74. The molecular weight excluding hydrogens is 480 g/mol. The molecule has 2 aromatic rings. The minimum Gasteiger partial charge on any atom is -0.379 e. The standard InChI is InChI=1S/C26H36N4O3S2/c1-5-6-7-8-9-14-30-25(32)21(35-26(30)34)17-20-22(27-13-11-16-33-18(2)3)28-23-19(4)12-10-15-29(23)24(20)31/h10,12,15,17-18,27H,5-9,11,13-14,16H2,1-4H3/b21-17-. The first-order valence-corrected chi connectivity index (χ1v) is 13.7. The molecule has 0 atom stereocenters. The lowest BCUT2D eigenvalue weighted by Gasteiger charge is -2.14. The van der Waals surface area contributed by atoms with Crippen LogP contribution in [0.2, 0.25) is 0 Å². The third-order valence-corrected chi connectivity index (χ3v) is 7.16. The van der Waals surface area contributed by atoms with Gasteiger partial charge in [0.15, 0.2) is 0 Å². The van der Waals surface area contributed by atoms with Crippen LogP contribution < -0.4 is 10.9 Å². The molecule has 9 heteroatoms. The lowest BCUT2D eigenvalue weighted by atomic mass is 10.1. The predicted octanol–water partition coefficient (Wildman–Crippen LogP) is 5.40. The van der Waals surface area contributed by atoms with Crippen LogP contribution in [0.5, 0.6) is 0 Å². The Hall–Kier alpha value is -2.23. The van der Waals surface area contributed by atoms with Gasteiger partial charge in [-0.25, -0.2) is 4.98 Å². The summed E-state index contributed by atoms with van der Waals surface area (Å²) in [5, 5.41) is 3.30. The minimum atomic E-state index is -0.218. The number of unbranched alkanes of at least 4 members (excludes halogenated alkanes) is 4. The third kappa shape index (κ3) is 7.15. The van der Waals surface area contributed by atoms with E-state index >= 15 is 0 Å². The van der Waals surface area contributed by atoms with Gasteiger partial charge in [0.2, 0.25) is 0 Å². The topological polar surface area (TPSA) is 75.9 Å². The van der Waals surface area contributed by atoms with Crippen molar-refractivity contribution in [2.24, 2.45) is 0 Å². The second kappa shape index (κ2) is 13.2. The van der Waals surface area contributed by atoms with Crippen molar-refractivity contribution in [1.29, 1.82) is 0 Å². The number of carbonyl (C=O) groups is 1. The maximum atomic E-state index is 13.5. The smallest absolute Gasteiger partial charge is 0.267 e. The summed E-state index contributed by atoms with van der Waals surface area (Å²) < 4.78 is 7.69. The van der Waals surface area contributed by atoms with E-state index < -0.39 is 0 Å². The van der Waals surface area contributed by atoms with E-state index in [0.717, 1.165) is 31.2 Å². The van der Waals surface area contributed by atoms with Gasteiger partial charge in [-0.05, 0) is 51.3 Å². The monoisotopic (exact) mass is 516 g/mol. The Bertz CT molecular complexity index is 1140. The van der Waals surface area contributed by atoms with Crippen molar-refractivity contribution in [2.45, 2.75) is 72.3 Å². The van der Waals surface area contributed by atoms with Gasteiger partial charge in [0.1, 0.15) is 15.8 Å². The number of nitrogens with one attached hydrogen (secondary N) is 1. The van der Waals surface area contributed by atoms with Crippen molar-refractivity contribution in [1.82, 2.24) is 14.3 Å².